The predicted molar refractivity (Wildman–Crippen MR) is 79.0 cm³/mol. The zero-order valence-electron chi connectivity index (χ0n) is 12.9. The van der Waals surface area contributed by atoms with Gasteiger partial charge < -0.3 is 10.6 Å². The van der Waals surface area contributed by atoms with Gasteiger partial charge in [0.2, 0.25) is 0 Å². The summed E-state index contributed by atoms with van der Waals surface area (Å²) >= 11 is 0. The van der Waals surface area contributed by atoms with Crippen molar-refractivity contribution < 1.29 is 4.79 Å². The van der Waals surface area contributed by atoms with Crippen LogP contribution in [0.1, 0.15) is 66.7 Å². The molecule has 0 radical (unpaired) electrons. The van der Waals surface area contributed by atoms with E-state index in [0.29, 0.717) is 24.3 Å². The Hall–Kier alpha value is -0.410. The molecule has 3 heteroatoms. The van der Waals surface area contributed by atoms with Gasteiger partial charge in [-0.25, -0.2) is 0 Å². The van der Waals surface area contributed by atoms with Crippen LogP contribution in [0, 0.1) is 0 Å². The molecule has 0 heterocycles. The van der Waals surface area contributed by atoms with Crippen LogP contribution in [0.2, 0.25) is 0 Å². The number of Topliss-reactive ketones (excluding diaryl/α,β-unsaturated/α-hetero) is 1. The van der Waals surface area contributed by atoms with Crippen LogP contribution in [-0.4, -0.2) is 30.5 Å². The van der Waals surface area contributed by atoms with Crippen molar-refractivity contribution in [3.05, 3.63) is 0 Å². The topological polar surface area (TPSA) is 41.1 Å². The fourth-order valence-electron chi connectivity index (χ4n) is 2.02. The molecule has 0 aliphatic carbocycles. The lowest BCUT2D eigenvalue weighted by Crippen LogP contribution is -2.40. The van der Waals surface area contributed by atoms with Crippen molar-refractivity contribution in [2.45, 2.75) is 84.8 Å². The van der Waals surface area contributed by atoms with Crippen LogP contribution in [-0.2, 0) is 4.79 Å². The maximum absolute atomic E-state index is 12.0. The van der Waals surface area contributed by atoms with E-state index in [1.54, 1.807) is 0 Å². The Bertz CT molecular complexity index is 215. The molecule has 3 nitrogen and oxygen atoms in total. The molecule has 0 rings (SSSR count). The first-order valence-electron chi connectivity index (χ1n) is 7.49. The summed E-state index contributed by atoms with van der Waals surface area (Å²) in [6.45, 7) is 11.6. The Morgan fingerprint density at radius 3 is 2.22 bits per heavy atom. The van der Waals surface area contributed by atoms with Gasteiger partial charge in [-0.2, -0.15) is 0 Å². The van der Waals surface area contributed by atoms with Crippen LogP contribution in [0.5, 0.6) is 0 Å². The second-order valence-corrected chi connectivity index (χ2v) is 5.69. The van der Waals surface area contributed by atoms with E-state index in [1.165, 1.54) is 0 Å². The molecular weight excluding hydrogens is 224 g/mol. The van der Waals surface area contributed by atoms with Gasteiger partial charge in [-0.05, 0) is 25.8 Å². The molecule has 0 spiro atoms. The van der Waals surface area contributed by atoms with Gasteiger partial charge in [-0.3, -0.25) is 4.79 Å². The monoisotopic (exact) mass is 256 g/mol. The molecule has 0 aliphatic heterocycles. The van der Waals surface area contributed by atoms with Crippen molar-refractivity contribution in [1.82, 2.24) is 10.6 Å². The van der Waals surface area contributed by atoms with Crippen LogP contribution in [0.4, 0.5) is 0 Å². The lowest BCUT2D eigenvalue weighted by Gasteiger charge is -2.20. The Labute approximate surface area is 113 Å². The molecule has 1 atom stereocenters. The predicted octanol–water partition coefficient (Wildman–Crippen LogP) is 2.89. The summed E-state index contributed by atoms with van der Waals surface area (Å²) in [7, 11) is 0. The van der Waals surface area contributed by atoms with E-state index in [9.17, 15) is 4.79 Å². The van der Waals surface area contributed by atoms with Gasteiger partial charge in [0.25, 0.3) is 0 Å². The number of carbonyl (C=O) groups is 1. The highest BCUT2D eigenvalue weighted by Crippen LogP contribution is 2.06. The van der Waals surface area contributed by atoms with E-state index in [-0.39, 0.29) is 6.04 Å². The average molecular weight is 256 g/mol. The van der Waals surface area contributed by atoms with Crippen LogP contribution < -0.4 is 10.6 Å². The summed E-state index contributed by atoms with van der Waals surface area (Å²) < 4.78 is 0. The lowest BCUT2D eigenvalue weighted by atomic mass is 10.0. The zero-order chi connectivity index (χ0) is 14.0. The minimum absolute atomic E-state index is 0.0593. The molecule has 2 N–H and O–H groups in total. The van der Waals surface area contributed by atoms with E-state index in [1.807, 2.05) is 0 Å². The van der Waals surface area contributed by atoms with E-state index in [4.69, 9.17) is 0 Å². The molecule has 108 valence electrons. The van der Waals surface area contributed by atoms with Crippen molar-refractivity contribution in [2.24, 2.45) is 0 Å². The maximum atomic E-state index is 12.0. The Balaban J connectivity index is 3.90. The number of hydrogen-bond acceptors (Lipinski definition) is 3. The molecule has 0 saturated heterocycles. The molecule has 0 fully saturated rings. The first-order chi connectivity index (χ1) is 8.47. The SMILES string of the molecule is CCCC(=O)C(CCCCNC(C)C)NC(C)C. The summed E-state index contributed by atoms with van der Waals surface area (Å²) in [6, 6.07) is 0.991. The van der Waals surface area contributed by atoms with Crippen LogP contribution in [0.15, 0.2) is 0 Å². The van der Waals surface area contributed by atoms with E-state index >= 15 is 0 Å². The van der Waals surface area contributed by atoms with E-state index in [2.05, 4.69) is 45.3 Å². The molecule has 1 unspecified atom stereocenters. The van der Waals surface area contributed by atoms with Crippen LogP contribution in [0.25, 0.3) is 0 Å². The average Bonchev–Trinajstić information content (AvgIpc) is 2.26. The van der Waals surface area contributed by atoms with Crippen molar-refractivity contribution in [3.63, 3.8) is 0 Å². The third kappa shape index (κ3) is 9.60. The summed E-state index contributed by atoms with van der Waals surface area (Å²) in [5.41, 5.74) is 0. The molecule has 0 aromatic rings. The van der Waals surface area contributed by atoms with Gasteiger partial charge in [0.15, 0.2) is 0 Å². The van der Waals surface area contributed by atoms with Crippen molar-refractivity contribution in [2.75, 3.05) is 6.54 Å². The highest BCUT2D eigenvalue weighted by Gasteiger charge is 2.17. The minimum atomic E-state index is 0.0593. The fourth-order valence-corrected chi connectivity index (χ4v) is 2.02. The van der Waals surface area contributed by atoms with Gasteiger partial charge in [-0.1, -0.05) is 41.0 Å². The van der Waals surface area contributed by atoms with Crippen molar-refractivity contribution in [1.29, 1.82) is 0 Å². The molecule has 0 bridgehead atoms. The Morgan fingerprint density at radius 2 is 1.72 bits per heavy atom. The number of unbranched alkanes of at least 4 members (excludes halogenated alkanes) is 1. The van der Waals surface area contributed by atoms with Crippen LogP contribution >= 0.6 is 0 Å². The molecule has 0 aliphatic rings. The normalized spacial score (nSPS) is 13.3. The largest absolute Gasteiger partial charge is 0.315 e. The summed E-state index contributed by atoms with van der Waals surface area (Å²) in [6.07, 6.45) is 4.88. The molecule has 0 aromatic heterocycles. The highest BCUT2D eigenvalue weighted by molar-refractivity contribution is 5.83. The minimum Gasteiger partial charge on any atom is -0.315 e. The second kappa shape index (κ2) is 10.5. The smallest absolute Gasteiger partial charge is 0.149 e. The second-order valence-electron chi connectivity index (χ2n) is 5.69. The molecule has 0 amide bonds. The van der Waals surface area contributed by atoms with E-state index in [0.717, 1.165) is 32.2 Å². The molecule has 0 aromatic carbocycles. The van der Waals surface area contributed by atoms with Gasteiger partial charge in [-0.15, -0.1) is 0 Å². The van der Waals surface area contributed by atoms with Gasteiger partial charge in [0, 0.05) is 18.5 Å². The fraction of sp³-hybridized carbons (Fsp3) is 0.933. The van der Waals surface area contributed by atoms with Gasteiger partial charge in [0.05, 0.1) is 6.04 Å². The lowest BCUT2D eigenvalue weighted by molar-refractivity contribution is -0.121. The number of nitrogens with one attached hydrogen (secondary N) is 2. The standard InChI is InChI=1S/C15H32N2O/c1-6-9-15(18)14(17-13(4)5)10-7-8-11-16-12(2)3/h12-14,16-17H,6-11H2,1-5H3. The highest BCUT2D eigenvalue weighted by atomic mass is 16.1. The Kier molecular flexibility index (Phi) is 10.3. The number of hydrogen-bond donors (Lipinski definition) is 2. The molecule has 0 saturated carbocycles. The number of rotatable bonds is 11. The Morgan fingerprint density at radius 1 is 1.06 bits per heavy atom. The third-order valence-electron chi connectivity index (χ3n) is 2.89. The summed E-state index contributed by atoms with van der Waals surface area (Å²) in [5, 5.41) is 6.80. The van der Waals surface area contributed by atoms with E-state index < -0.39 is 0 Å². The first kappa shape index (κ1) is 17.6. The van der Waals surface area contributed by atoms with Crippen molar-refractivity contribution in [3.8, 4) is 0 Å². The third-order valence-corrected chi connectivity index (χ3v) is 2.89. The van der Waals surface area contributed by atoms with Gasteiger partial charge >= 0.3 is 0 Å². The summed E-state index contributed by atoms with van der Waals surface area (Å²) in [5.74, 6) is 0.378. The molecule has 18 heavy (non-hydrogen) atoms. The molecular formula is C15H32N2O. The van der Waals surface area contributed by atoms with Crippen LogP contribution in [0.3, 0.4) is 0 Å². The number of carbonyl (C=O) groups excluding carboxylic acids is 1. The summed E-state index contributed by atoms with van der Waals surface area (Å²) in [4.78, 5) is 12.0. The quantitative estimate of drug-likeness (QED) is 0.559. The first-order valence-corrected chi connectivity index (χ1v) is 7.49. The van der Waals surface area contributed by atoms with Crippen molar-refractivity contribution >= 4 is 5.78 Å². The zero-order valence-corrected chi connectivity index (χ0v) is 12.9. The maximum Gasteiger partial charge on any atom is 0.149 e. The van der Waals surface area contributed by atoms with Gasteiger partial charge in [0.1, 0.15) is 5.78 Å². The number of ketones is 1.